The van der Waals surface area contributed by atoms with E-state index in [0.29, 0.717) is 26.0 Å². The van der Waals surface area contributed by atoms with Gasteiger partial charge in [0.1, 0.15) is 0 Å². The van der Waals surface area contributed by atoms with E-state index in [4.69, 9.17) is 10.00 Å². The van der Waals surface area contributed by atoms with Crippen LogP contribution in [0.2, 0.25) is 0 Å². The van der Waals surface area contributed by atoms with Crippen molar-refractivity contribution in [3.05, 3.63) is 0 Å². The lowest BCUT2D eigenvalue weighted by Gasteiger charge is -2.15. The summed E-state index contributed by atoms with van der Waals surface area (Å²) in [6.07, 6.45) is 4.65. The van der Waals surface area contributed by atoms with Gasteiger partial charge < -0.3 is 9.64 Å². The summed E-state index contributed by atoms with van der Waals surface area (Å²) in [5.74, 6) is 0.940. The minimum absolute atomic E-state index is 0.0571. The van der Waals surface area contributed by atoms with Crippen LogP contribution in [0.5, 0.6) is 0 Å². The van der Waals surface area contributed by atoms with Gasteiger partial charge in [0.25, 0.3) is 0 Å². The number of nitrogens with zero attached hydrogens (tertiary/aromatic N) is 2. The van der Waals surface area contributed by atoms with Crippen LogP contribution >= 0.6 is 0 Å². The predicted molar refractivity (Wildman–Crippen MR) is 60.6 cm³/mol. The molecule has 0 aromatic carbocycles. The molecule has 1 fully saturated rings. The summed E-state index contributed by atoms with van der Waals surface area (Å²) < 4.78 is 5.40. The maximum absolute atomic E-state index is 11.5. The summed E-state index contributed by atoms with van der Waals surface area (Å²) in [6, 6.07) is 2.02. The molecule has 0 aromatic rings. The lowest BCUT2D eigenvalue weighted by molar-refractivity contribution is -0.130. The van der Waals surface area contributed by atoms with Gasteiger partial charge in [-0.2, -0.15) is 5.26 Å². The third kappa shape index (κ3) is 5.72. The first-order valence-electron chi connectivity index (χ1n) is 5.92. The Kier molecular flexibility index (Phi) is 5.87. The number of ether oxygens (including phenoxy) is 1. The highest BCUT2D eigenvalue weighted by Crippen LogP contribution is 2.32. The second-order valence-corrected chi connectivity index (χ2v) is 4.32. The molecule has 4 heteroatoms. The number of carbonyl (C=O) groups is 1. The number of hydrogen-bond donors (Lipinski definition) is 0. The lowest BCUT2D eigenvalue weighted by atomic mass is 10.3. The first-order valence-corrected chi connectivity index (χ1v) is 5.92. The van der Waals surface area contributed by atoms with Crippen LogP contribution in [-0.2, 0) is 9.53 Å². The topological polar surface area (TPSA) is 53.3 Å². The van der Waals surface area contributed by atoms with Crippen LogP contribution in [0.15, 0.2) is 0 Å². The molecule has 0 radical (unpaired) electrons. The first-order chi connectivity index (χ1) is 7.74. The predicted octanol–water partition coefficient (Wildman–Crippen LogP) is 1.57. The number of amides is 1. The molecule has 16 heavy (non-hydrogen) atoms. The van der Waals surface area contributed by atoms with Crippen LogP contribution in [0.25, 0.3) is 0 Å². The standard InChI is InChI=1S/C12H20N2O2/c1-14(8-2-7-13)12(15)6-10-16-9-5-11-3-4-11/h11H,2-6,8-10H2,1H3. The zero-order valence-electron chi connectivity index (χ0n) is 9.95. The van der Waals surface area contributed by atoms with Gasteiger partial charge in [-0.1, -0.05) is 12.8 Å². The van der Waals surface area contributed by atoms with Gasteiger partial charge in [-0.05, 0) is 12.3 Å². The third-order valence-corrected chi connectivity index (χ3v) is 2.81. The Labute approximate surface area is 97.2 Å². The van der Waals surface area contributed by atoms with Gasteiger partial charge in [0.2, 0.25) is 5.91 Å². The van der Waals surface area contributed by atoms with Crippen molar-refractivity contribution in [3.63, 3.8) is 0 Å². The van der Waals surface area contributed by atoms with Gasteiger partial charge in [-0.25, -0.2) is 0 Å². The van der Waals surface area contributed by atoms with Gasteiger partial charge in [0.05, 0.1) is 25.5 Å². The van der Waals surface area contributed by atoms with E-state index in [2.05, 4.69) is 0 Å². The fourth-order valence-corrected chi connectivity index (χ4v) is 1.45. The van der Waals surface area contributed by atoms with Crippen molar-refractivity contribution < 1.29 is 9.53 Å². The molecule has 0 N–H and O–H groups in total. The molecule has 0 spiro atoms. The zero-order chi connectivity index (χ0) is 11.8. The quantitative estimate of drug-likeness (QED) is 0.588. The molecule has 1 amide bonds. The van der Waals surface area contributed by atoms with Crippen molar-refractivity contribution in [2.75, 3.05) is 26.8 Å². The maximum atomic E-state index is 11.5. The molecule has 0 saturated heterocycles. The van der Waals surface area contributed by atoms with Crippen LogP contribution < -0.4 is 0 Å². The molecule has 0 unspecified atom stereocenters. The molecule has 0 aliphatic heterocycles. The molecule has 0 atom stereocenters. The van der Waals surface area contributed by atoms with Crippen LogP contribution in [0.3, 0.4) is 0 Å². The highest BCUT2D eigenvalue weighted by molar-refractivity contribution is 5.75. The first kappa shape index (κ1) is 13.0. The van der Waals surface area contributed by atoms with Crippen molar-refractivity contribution in [2.45, 2.75) is 32.1 Å². The summed E-state index contributed by atoms with van der Waals surface area (Å²) in [4.78, 5) is 13.1. The summed E-state index contributed by atoms with van der Waals surface area (Å²) in [5.41, 5.74) is 0. The molecule has 4 nitrogen and oxygen atoms in total. The molecule has 0 aromatic heterocycles. The van der Waals surface area contributed by atoms with E-state index in [1.54, 1.807) is 11.9 Å². The van der Waals surface area contributed by atoms with E-state index in [9.17, 15) is 4.79 Å². The Bertz CT molecular complexity index is 256. The summed E-state index contributed by atoms with van der Waals surface area (Å²) in [5, 5.41) is 8.39. The average molecular weight is 224 g/mol. The molecule has 1 aliphatic carbocycles. The number of carbonyl (C=O) groups excluding carboxylic acids is 1. The van der Waals surface area contributed by atoms with Crippen molar-refractivity contribution in [3.8, 4) is 6.07 Å². The Morgan fingerprint density at radius 3 is 2.88 bits per heavy atom. The normalized spacial score (nSPS) is 14.5. The Morgan fingerprint density at radius 2 is 2.25 bits per heavy atom. The van der Waals surface area contributed by atoms with Crippen LogP contribution in [-0.4, -0.2) is 37.6 Å². The van der Waals surface area contributed by atoms with E-state index in [-0.39, 0.29) is 5.91 Å². The smallest absolute Gasteiger partial charge is 0.224 e. The van der Waals surface area contributed by atoms with Crippen LogP contribution in [0.1, 0.15) is 32.1 Å². The molecule has 0 bridgehead atoms. The Morgan fingerprint density at radius 1 is 1.50 bits per heavy atom. The van der Waals surface area contributed by atoms with Gasteiger partial charge >= 0.3 is 0 Å². The summed E-state index contributed by atoms with van der Waals surface area (Å²) >= 11 is 0. The van der Waals surface area contributed by atoms with Crippen molar-refractivity contribution in [1.29, 1.82) is 5.26 Å². The van der Waals surface area contributed by atoms with E-state index >= 15 is 0 Å². The number of nitriles is 1. The highest BCUT2D eigenvalue weighted by atomic mass is 16.5. The molecule has 1 rings (SSSR count). The van der Waals surface area contributed by atoms with Gasteiger partial charge in [-0.3, -0.25) is 4.79 Å². The molecule has 90 valence electrons. The van der Waals surface area contributed by atoms with Crippen molar-refractivity contribution >= 4 is 5.91 Å². The number of rotatable bonds is 8. The second kappa shape index (κ2) is 7.24. The van der Waals surface area contributed by atoms with Crippen LogP contribution in [0, 0.1) is 17.2 Å². The van der Waals surface area contributed by atoms with Crippen LogP contribution in [0.4, 0.5) is 0 Å². The third-order valence-electron chi connectivity index (χ3n) is 2.81. The minimum atomic E-state index is 0.0571. The van der Waals surface area contributed by atoms with E-state index in [0.717, 1.165) is 18.9 Å². The van der Waals surface area contributed by atoms with Gasteiger partial charge in [0.15, 0.2) is 0 Å². The molecule has 0 heterocycles. The fourth-order valence-electron chi connectivity index (χ4n) is 1.45. The van der Waals surface area contributed by atoms with E-state index < -0.39 is 0 Å². The molecular formula is C12H20N2O2. The van der Waals surface area contributed by atoms with Crippen molar-refractivity contribution in [1.82, 2.24) is 4.90 Å². The van der Waals surface area contributed by atoms with Crippen molar-refractivity contribution in [2.24, 2.45) is 5.92 Å². The largest absolute Gasteiger partial charge is 0.381 e. The minimum Gasteiger partial charge on any atom is -0.381 e. The molecule has 1 aliphatic rings. The highest BCUT2D eigenvalue weighted by Gasteiger charge is 2.20. The number of hydrogen-bond acceptors (Lipinski definition) is 3. The molecule has 1 saturated carbocycles. The average Bonchev–Trinajstić information content (AvgIpc) is 3.09. The maximum Gasteiger partial charge on any atom is 0.224 e. The van der Waals surface area contributed by atoms with Gasteiger partial charge in [0, 0.05) is 20.2 Å². The van der Waals surface area contributed by atoms with E-state index in [1.165, 1.54) is 12.8 Å². The summed E-state index contributed by atoms with van der Waals surface area (Å²) in [6.45, 7) is 1.79. The van der Waals surface area contributed by atoms with E-state index in [1.807, 2.05) is 6.07 Å². The Balaban J connectivity index is 1.93. The molecular weight excluding hydrogens is 204 g/mol. The fraction of sp³-hybridized carbons (Fsp3) is 0.833. The lowest BCUT2D eigenvalue weighted by Crippen LogP contribution is -2.28. The SMILES string of the molecule is CN(CCC#N)C(=O)CCOCCC1CC1. The zero-order valence-corrected chi connectivity index (χ0v) is 9.95. The van der Waals surface area contributed by atoms with Gasteiger partial charge in [-0.15, -0.1) is 0 Å². The second-order valence-electron chi connectivity index (χ2n) is 4.32. The monoisotopic (exact) mass is 224 g/mol. The summed E-state index contributed by atoms with van der Waals surface area (Å²) in [7, 11) is 1.73. The Hall–Kier alpha value is -1.08.